The number of rotatable bonds is 5. The van der Waals surface area contributed by atoms with Gasteiger partial charge in [-0.2, -0.15) is 4.31 Å². The van der Waals surface area contributed by atoms with Crippen molar-refractivity contribution in [2.75, 3.05) is 19.0 Å². The normalized spacial score (nSPS) is 18.9. The van der Waals surface area contributed by atoms with Crippen molar-refractivity contribution in [2.24, 2.45) is 0 Å². The molecule has 122 valence electrons. The second kappa shape index (κ2) is 6.76. The predicted octanol–water partition coefficient (Wildman–Crippen LogP) is 1.83. The lowest BCUT2D eigenvalue weighted by molar-refractivity contribution is -0.124. The fraction of sp³-hybridized carbons (Fsp3) is 0.533. The molecule has 1 atom stereocenters. The number of benzene rings is 1. The van der Waals surface area contributed by atoms with E-state index in [9.17, 15) is 13.2 Å². The SMILES string of the molecule is CC(C)N(C)S(=O)(=O)c1ccc(NC(=O)C2CCCO2)cc1. The van der Waals surface area contributed by atoms with E-state index in [0.717, 1.165) is 12.8 Å². The van der Waals surface area contributed by atoms with E-state index < -0.39 is 16.1 Å². The Bertz CT molecular complexity index is 619. The van der Waals surface area contributed by atoms with E-state index >= 15 is 0 Å². The highest BCUT2D eigenvalue weighted by atomic mass is 32.2. The van der Waals surface area contributed by atoms with E-state index in [1.165, 1.54) is 16.4 Å². The highest BCUT2D eigenvalue weighted by molar-refractivity contribution is 7.89. The molecule has 1 aromatic rings. The monoisotopic (exact) mass is 326 g/mol. The van der Waals surface area contributed by atoms with E-state index in [-0.39, 0.29) is 16.8 Å². The summed E-state index contributed by atoms with van der Waals surface area (Å²) in [7, 11) is -1.95. The van der Waals surface area contributed by atoms with Crippen molar-refractivity contribution >= 4 is 21.6 Å². The summed E-state index contributed by atoms with van der Waals surface area (Å²) in [6.45, 7) is 4.23. The van der Waals surface area contributed by atoms with Gasteiger partial charge in [0.25, 0.3) is 5.91 Å². The minimum Gasteiger partial charge on any atom is -0.368 e. The second-order valence-electron chi connectivity index (χ2n) is 5.63. The fourth-order valence-corrected chi connectivity index (χ4v) is 3.53. The Balaban J connectivity index is 2.08. The summed E-state index contributed by atoms with van der Waals surface area (Å²) in [6, 6.07) is 6.06. The molecule has 1 N–H and O–H groups in total. The van der Waals surface area contributed by atoms with Gasteiger partial charge in [0.2, 0.25) is 10.0 Å². The zero-order valence-corrected chi connectivity index (χ0v) is 13.9. The van der Waals surface area contributed by atoms with Crippen LogP contribution in [0.15, 0.2) is 29.2 Å². The van der Waals surface area contributed by atoms with Crippen LogP contribution in [0.1, 0.15) is 26.7 Å². The molecule has 1 aromatic carbocycles. The van der Waals surface area contributed by atoms with Crippen molar-refractivity contribution in [3.63, 3.8) is 0 Å². The molecule has 2 rings (SSSR count). The molecule has 1 saturated heterocycles. The van der Waals surface area contributed by atoms with Crippen LogP contribution in [-0.2, 0) is 19.6 Å². The number of sulfonamides is 1. The third kappa shape index (κ3) is 3.66. The molecule has 1 fully saturated rings. The third-order valence-corrected chi connectivity index (χ3v) is 5.80. The third-order valence-electron chi connectivity index (χ3n) is 3.75. The average molecular weight is 326 g/mol. The van der Waals surface area contributed by atoms with Gasteiger partial charge < -0.3 is 10.1 Å². The summed E-state index contributed by atoms with van der Waals surface area (Å²) in [5.74, 6) is -0.188. The van der Waals surface area contributed by atoms with Crippen molar-refractivity contribution < 1.29 is 17.9 Å². The van der Waals surface area contributed by atoms with Crippen molar-refractivity contribution in [3.05, 3.63) is 24.3 Å². The standard InChI is InChI=1S/C15H22N2O4S/c1-11(2)17(3)22(19,20)13-8-6-12(7-9-13)16-15(18)14-5-4-10-21-14/h6-9,11,14H,4-5,10H2,1-3H3,(H,16,18). The minimum absolute atomic E-state index is 0.121. The highest BCUT2D eigenvalue weighted by Crippen LogP contribution is 2.20. The summed E-state index contributed by atoms with van der Waals surface area (Å²) < 4.78 is 31.3. The summed E-state index contributed by atoms with van der Waals surface area (Å²) in [6.07, 6.45) is 1.20. The number of ether oxygens (including phenoxy) is 1. The quantitative estimate of drug-likeness (QED) is 0.896. The Morgan fingerprint density at radius 3 is 2.45 bits per heavy atom. The van der Waals surface area contributed by atoms with Crippen molar-refractivity contribution in [3.8, 4) is 0 Å². The minimum atomic E-state index is -3.50. The molecule has 0 aromatic heterocycles. The van der Waals surface area contributed by atoms with Gasteiger partial charge in [0.15, 0.2) is 0 Å². The van der Waals surface area contributed by atoms with Crippen LogP contribution in [0.2, 0.25) is 0 Å². The molecule has 7 heteroatoms. The second-order valence-corrected chi connectivity index (χ2v) is 7.63. The van der Waals surface area contributed by atoms with Gasteiger partial charge in [-0.05, 0) is 51.0 Å². The first-order valence-corrected chi connectivity index (χ1v) is 8.77. The molecular formula is C15H22N2O4S. The van der Waals surface area contributed by atoms with Gasteiger partial charge in [0, 0.05) is 25.4 Å². The highest BCUT2D eigenvalue weighted by Gasteiger charge is 2.25. The van der Waals surface area contributed by atoms with Gasteiger partial charge in [-0.1, -0.05) is 0 Å². The van der Waals surface area contributed by atoms with Gasteiger partial charge in [-0.3, -0.25) is 4.79 Å². The topological polar surface area (TPSA) is 75.7 Å². The Labute approximate surface area is 131 Å². The molecule has 0 bridgehead atoms. The number of anilines is 1. The summed E-state index contributed by atoms with van der Waals surface area (Å²) >= 11 is 0. The molecule has 22 heavy (non-hydrogen) atoms. The van der Waals surface area contributed by atoms with Gasteiger partial charge >= 0.3 is 0 Å². The first kappa shape index (κ1) is 16.9. The van der Waals surface area contributed by atoms with Gasteiger partial charge in [0.1, 0.15) is 6.10 Å². The van der Waals surface area contributed by atoms with E-state index in [2.05, 4.69) is 5.32 Å². The van der Waals surface area contributed by atoms with Gasteiger partial charge in [0.05, 0.1) is 4.90 Å². The molecule has 0 aliphatic carbocycles. The molecular weight excluding hydrogens is 304 g/mol. The van der Waals surface area contributed by atoms with Crippen LogP contribution < -0.4 is 5.32 Å². The zero-order valence-electron chi connectivity index (χ0n) is 13.1. The molecule has 1 aliphatic rings. The zero-order chi connectivity index (χ0) is 16.3. The smallest absolute Gasteiger partial charge is 0.253 e. The Morgan fingerprint density at radius 1 is 1.32 bits per heavy atom. The predicted molar refractivity (Wildman–Crippen MR) is 84.1 cm³/mol. The Morgan fingerprint density at radius 2 is 1.95 bits per heavy atom. The molecule has 0 spiro atoms. The summed E-state index contributed by atoms with van der Waals surface area (Å²) in [5.41, 5.74) is 0.562. The molecule has 6 nitrogen and oxygen atoms in total. The van der Waals surface area contributed by atoms with Crippen molar-refractivity contribution in [1.82, 2.24) is 4.31 Å². The number of nitrogens with zero attached hydrogens (tertiary/aromatic N) is 1. The summed E-state index contributed by atoms with van der Waals surface area (Å²) in [5, 5.41) is 2.74. The number of amides is 1. The van der Waals surface area contributed by atoms with E-state index in [0.29, 0.717) is 12.3 Å². The first-order chi connectivity index (χ1) is 10.3. The Kier molecular flexibility index (Phi) is 5.20. The van der Waals surface area contributed by atoms with Crippen molar-refractivity contribution in [1.29, 1.82) is 0 Å². The average Bonchev–Trinajstić information content (AvgIpc) is 3.01. The van der Waals surface area contributed by atoms with E-state index in [1.807, 2.05) is 13.8 Å². The van der Waals surface area contributed by atoms with Gasteiger partial charge in [-0.25, -0.2) is 8.42 Å². The molecule has 0 radical (unpaired) electrons. The molecule has 1 heterocycles. The van der Waals surface area contributed by atoms with Crippen LogP contribution in [0.5, 0.6) is 0 Å². The maximum absolute atomic E-state index is 12.3. The fourth-order valence-electron chi connectivity index (χ4n) is 2.16. The van der Waals surface area contributed by atoms with Gasteiger partial charge in [-0.15, -0.1) is 0 Å². The summed E-state index contributed by atoms with van der Waals surface area (Å²) in [4.78, 5) is 12.1. The van der Waals surface area contributed by atoms with E-state index in [1.54, 1.807) is 19.2 Å². The largest absolute Gasteiger partial charge is 0.368 e. The molecule has 1 aliphatic heterocycles. The lowest BCUT2D eigenvalue weighted by atomic mass is 10.2. The number of hydrogen-bond donors (Lipinski definition) is 1. The van der Waals surface area contributed by atoms with Crippen LogP contribution in [-0.4, -0.2) is 44.4 Å². The number of carbonyl (C=O) groups excluding carboxylic acids is 1. The van der Waals surface area contributed by atoms with Crippen LogP contribution in [0.3, 0.4) is 0 Å². The van der Waals surface area contributed by atoms with E-state index in [4.69, 9.17) is 4.74 Å². The maximum Gasteiger partial charge on any atom is 0.253 e. The number of hydrogen-bond acceptors (Lipinski definition) is 4. The number of carbonyl (C=O) groups is 1. The molecule has 0 saturated carbocycles. The Hall–Kier alpha value is -1.44. The van der Waals surface area contributed by atoms with Crippen molar-refractivity contribution in [2.45, 2.75) is 43.7 Å². The number of nitrogens with one attached hydrogen (secondary N) is 1. The first-order valence-electron chi connectivity index (χ1n) is 7.33. The van der Waals surface area contributed by atoms with Crippen LogP contribution >= 0.6 is 0 Å². The van der Waals surface area contributed by atoms with Crippen LogP contribution in [0, 0.1) is 0 Å². The van der Waals surface area contributed by atoms with Crippen LogP contribution in [0.25, 0.3) is 0 Å². The lowest BCUT2D eigenvalue weighted by Crippen LogP contribution is -2.33. The lowest BCUT2D eigenvalue weighted by Gasteiger charge is -2.21. The molecule has 1 amide bonds. The molecule has 1 unspecified atom stereocenters. The maximum atomic E-state index is 12.3. The van der Waals surface area contributed by atoms with Crippen LogP contribution in [0.4, 0.5) is 5.69 Å².